The number of pyridine rings is 1. The van der Waals surface area contributed by atoms with E-state index in [1.807, 2.05) is 31.7 Å². The summed E-state index contributed by atoms with van der Waals surface area (Å²) in [5.74, 6) is 0. The Morgan fingerprint density at radius 3 is 2.84 bits per heavy atom. The van der Waals surface area contributed by atoms with Crippen LogP contribution in [0.3, 0.4) is 0 Å². The molecule has 0 aliphatic heterocycles. The highest BCUT2D eigenvalue weighted by molar-refractivity contribution is 5.40. The third kappa shape index (κ3) is 3.24. The highest BCUT2D eigenvalue weighted by Crippen LogP contribution is 2.07. The van der Waals surface area contributed by atoms with E-state index in [1.54, 1.807) is 10.6 Å². The van der Waals surface area contributed by atoms with Gasteiger partial charge in [-0.2, -0.15) is 0 Å². The minimum absolute atomic E-state index is 0.0316. The second kappa shape index (κ2) is 6.22. The molecule has 0 saturated heterocycles. The predicted molar refractivity (Wildman–Crippen MR) is 76.2 cm³/mol. The molecule has 0 radical (unpaired) electrons. The van der Waals surface area contributed by atoms with Crippen LogP contribution in [0.4, 0.5) is 5.69 Å². The molecule has 1 N–H and O–H groups in total. The zero-order chi connectivity index (χ0) is 13.7. The third-order valence-corrected chi connectivity index (χ3v) is 3.06. The number of rotatable bonds is 6. The van der Waals surface area contributed by atoms with Crippen molar-refractivity contribution in [3.05, 3.63) is 46.9 Å². The summed E-state index contributed by atoms with van der Waals surface area (Å²) in [6.07, 6.45) is 6.67. The number of nitrogens with one attached hydrogen (secondary N) is 1. The first-order chi connectivity index (χ1) is 9.24. The fraction of sp³-hybridized carbons (Fsp3) is 0.429. The fourth-order valence-corrected chi connectivity index (χ4v) is 2.01. The number of hydrogen-bond donors (Lipinski definition) is 1. The van der Waals surface area contributed by atoms with E-state index in [2.05, 4.69) is 21.8 Å². The first-order valence-electron chi connectivity index (χ1n) is 6.68. The number of hydrogen-bond acceptors (Lipinski definition) is 3. The Balaban J connectivity index is 2.06. The summed E-state index contributed by atoms with van der Waals surface area (Å²) in [5.41, 5.74) is 2.13. The lowest BCUT2D eigenvalue weighted by Gasteiger charge is -2.10. The molecule has 0 unspecified atom stereocenters. The fourth-order valence-electron chi connectivity index (χ4n) is 2.01. The zero-order valence-electron chi connectivity index (χ0n) is 11.5. The molecule has 0 aliphatic carbocycles. The summed E-state index contributed by atoms with van der Waals surface area (Å²) in [5, 5.41) is 3.33. The standard InChI is InChI=1S/C14H20N4O/c1-3-7-18-11-15-8-13(18)9-16-12-5-6-14(19)17(4-2)10-12/h5-6,8,10-11,16H,3-4,7,9H2,1-2H3. The summed E-state index contributed by atoms with van der Waals surface area (Å²) in [6, 6.07) is 3.41. The van der Waals surface area contributed by atoms with Crippen LogP contribution >= 0.6 is 0 Å². The van der Waals surface area contributed by atoms with Gasteiger partial charge in [-0.3, -0.25) is 4.79 Å². The van der Waals surface area contributed by atoms with Gasteiger partial charge in [0, 0.05) is 31.5 Å². The van der Waals surface area contributed by atoms with Crippen LogP contribution < -0.4 is 10.9 Å². The maximum atomic E-state index is 11.5. The van der Waals surface area contributed by atoms with Crippen molar-refractivity contribution in [3.63, 3.8) is 0 Å². The maximum absolute atomic E-state index is 11.5. The van der Waals surface area contributed by atoms with Crippen LogP contribution in [0.25, 0.3) is 0 Å². The summed E-state index contributed by atoms with van der Waals surface area (Å²) in [6.45, 7) is 6.48. The third-order valence-electron chi connectivity index (χ3n) is 3.06. The van der Waals surface area contributed by atoms with Gasteiger partial charge in [-0.05, 0) is 19.4 Å². The van der Waals surface area contributed by atoms with Gasteiger partial charge in [-0.1, -0.05) is 6.92 Å². The summed E-state index contributed by atoms with van der Waals surface area (Å²) in [4.78, 5) is 15.7. The molecule has 2 aromatic heterocycles. The Labute approximate surface area is 112 Å². The Bertz CT molecular complexity index is 585. The zero-order valence-corrected chi connectivity index (χ0v) is 11.5. The van der Waals surface area contributed by atoms with Crippen LogP contribution in [-0.4, -0.2) is 14.1 Å². The van der Waals surface area contributed by atoms with Crippen molar-refractivity contribution in [2.45, 2.75) is 39.9 Å². The molecule has 5 heteroatoms. The smallest absolute Gasteiger partial charge is 0.250 e. The van der Waals surface area contributed by atoms with Crippen molar-refractivity contribution >= 4 is 5.69 Å². The lowest BCUT2D eigenvalue weighted by atomic mass is 10.3. The highest BCUT2D eigenvalue weighted by Gasteiger charge is 2.02. The summed E-state index contributed by atoms with van der Waals surface area (Å²) < 4.78 is 3.83. The lowest BCUT2D eigenvalue weighted by molar-refractivity contribution is 0.651. The van der Waals surface area contributed by atoms with Crippen molar-refractivity contribution in [1.82, 2.24) is 14.1 Å². The van der Waals surface area contributed by atoms with E-state index in [4.69, 9.17) is 0 Å². The minimum Gasteiger partial charge on any atom is -0.378 e. The van der Waals surface area contributed by atoms with E-state index < -0.39 is 0 Å². The molecule has 102 valence electrons. The van der Waals surface area contributed by atoms with Gasteiger partial charge in [0.2, 0.25) is 0 Å². The summed E-state index contributed by atoms with van der Waals surface area (Å²) in [7, 11) is 0. The Kier molecular flexibility index (Phi) is 4.39. The second-order valence-electron chi connectivity index (χ2n) is 4.47. The summed E-state index contributed by atoms with van der Waals surface area (Å²) >= 11 is 0. The van der Waals surface area contributed by atoms with E-state index in [-0.39, 0.29) is 5.56 Å². The van der Waals surface area contributed by atoms with Crippen LogP contribution in [0.5, 0.6) is 0 Å². The molecule has 0 saturated carbocycles. The largest absolute Gasteiger partial charge is 0.378 e. The monoisotopic (exact) mass is 260 g/mol. The molecule has 0 amide bonds. The molecule has 0 aromatic carbocycles. The molecule has 0 aliphatic rings. The molecule has 2 aromatic rings. The molecule has 19 heavy (non-hydrogen) atoms. The average Bonchev–Trinajstić information content (AvgIpc) is 2.86. The van der Waals surface area contributed by atoms with E-state index in [1.165, 1.54) is 0 Å². The van der Waals surface area contributed by atoms with Crippen LogP contribution in [0, 0.1) is 0 Å². The Morgan fingerprint density at radius 2 is 2.11 bits per heavy atom. The van der Waals surface area contributed by atoms with Crippen LogP contribution in [0.1, 0.15) is 26.0 Å². The first-order valence-corrected chi connectivity index (χ1v) is 6.68. The van der Waals surface area contributed by atoms with Crippen LogP contribution in [-0.2, 0) is 19.6 Å². The van der Waals surface area contributed by atoms with Crippen molar-refractivity contribution in [2.24, 2.45) is 0 Å². The molecule has 2 rings (SSSR count). The van der Waals surface area contributed by atoms with E-state index in [0.717, 1.165) is 24.3 Å². The van der Waals surface area contributed by atoms with Gasteiger partial charge >= 0.3 is 0 Å². The van der Waals surface area contributed by atoms with Crippen molar-refractivity contribution in [3.8, 4) is 0 Å². The Morgan fingerprint density at radius 1 is 1.26 bits per heavy atom. The topological polar surface area (TPSA) is 51.9 Å². The SMILES string of the molecule is CCCn1cncc1CNc1ccc(=O)n(CC)c1. The van der Waals surface area contributed by atoms with Gasteiger partial charge in [0.1, 0.15) is 0 Å². The van der Waals surface area contributed by atoms with Crippen molar-refractivity contribution < 1.29 is 0 Å². The molecule has 5 nitrogen and oxygen atoms in total. The van der Waals surface area contributed by atoms with Gasteiger partial charge in [0.05, 0.1) is 24.3 Å². The first kappa shape index (κ1) is 13.4. The number of anilines is 1. The van der Waals surface area contributed by atoms with E-state index >= 15 is 0 Å². The molecule has 0 bridgehead atoms. The average molecular weight is 260 g/mol. The second-order valence-corrected chi connectivity index (χ2v) is 4.47. The molecule has 2 heterocycles. The lowest BCUT2D eigenvalue weighted by Crippen LogP contribution is -2.18. The van der Waals surface area contributed by atoms with Gasteiger partial charge in [0.15, 0.2) is 0 Å². The maximum Gasteiger partial charge on any atom is 0.250 e. The predicted octanol–water partition coefficient (Wildman–Crippen LogP) is 2.09. The van der Waals surface area contributed by atoms with Crippen molar-refractivity contribution in [2.75, 3.05) is 5.32 Å². The molecule has 0 spiro atoms. The quantitative estimate of drug-likeness (QED) is 0.865. The number of aryl methyl sites for hydroxylation is 2. The van der Waals surface area contributed by atoms with Gasteiger partial charge in [-0.25, -0.2) is 4.98 Å². The number of aromatic nitrogens is 3. The molecular weight excluding hydrogens is 240 g/mol. The van der Waals surface area contributed by atoms with E-state index in [9.17, 15) is 4.79 Å². The van der Waals surface area contributed by atoms with Crippen LogP contribution in [0.2, 0.25) is 0 Å². The van der Waals surface area contributed by atoms with Crippen molar-refractivity contribution in [1.29, 1.82) is 0 Å². The van der Waals surface area contributed by atoms with Gasteiger partial charge < -0.3 is 14.5 Å². The van der Waals surface area contributed by atoms with Crippen LogP contribution in [0.15, 0.2) is 35.6 Å². The molecular formula is C14H20N4O. The normalized spacial score (nSPS) is 10.6. The molecule has 0 atom stereocenters. The van der Waals surface area contributed by atoms with Gasteiger partial charge in [0.25, 0.3) is 5.56 Å². The van der Waals surface area contributed by atoms with Gasteiger partial charge in [-0.15, -0.1) is 0 Å². The highest BCUT2D eigenvalue weighted by atomic mass is 16.1. The number of nitrogens with zero attached hydrogens (tertiary/aromatic N) is 3. The van der Waals surface area contributed by atoms with E-state index in [0.29, 0.717) is 13.1 Å². The number of imidazole rings is 1. The minimum atomic E-state index is 0.0316. The molecule has 0 fully saturated rings. The Hall–Kier alpha value is -2.04.